The summed E-state index contributed by atoms with van der Waals surface area (Å²) in [7, 11) is 1.57. The minimum atomic E-state index is -0.448. The zero-order chi connectivity index (χ0) is 14.4. The van der Waals surface area contributed by atoms with Crippen molar-refractivity contribution in [1.82, 2.24) is 20.3 Å². The fraction of sp³-hybridized carbons (Fsp3) is 0.636. The molecule has 0 aliphatic heterocycles. The molecule has 0 spiro atoms. The summed E-state index contributed by atoms with van der Waals surface area (Å²) in [5.41, 5.74) is 5.66. The number of anilines is 3. The van der Waals surface area contributed by atoms with Crippen molar-refractivity contribution in [3.8, 4) is 0 Å². The van der Waals surface area contributed by atoms with Crippen LogP contribution in [0.5, 0.6) is 0 Å². The Morgan fingerprint density at radius 2 is 1.95 bits per heavy atom. The quantitative estimate of drug-likeness (QED) is 0.657. The summed E-state index contributed by atoms with van der Waals surface area (Å²) in [6.45, 7) is 7.26. The predicted molar refractivity (Wildman–Crippen MR) is 75.0 cm³/mol. The molecule has 1 atom stereocenters. The largest absolute Gasteiger partial charge is 0.368 e. The van der Waals surface area contributed by atoms with Gasteiger partial charge in [0.2, 0.25) is 23.8 Å². The molecule has 0 saturated heterocycles. The van der Waals surface area contributed by atoms with Crippen LogP contribution in [-0.4, -0.2) is 47.0 Å². The van der Waals surface area contributed by atoms with Crippen LogP contribution in [0.2, 0.25) is 0 Å². The van der Waals surface area contributed by atoms with Gasteiger partial charge in [-0.3, -0.25) is 4.79 Å². The van der Waals surface area contributed by atoms with Crippen LogP contribution in [-0.2, 0) is 4.79 Å². The maximum Gasteiger partial charge on any atom is 0.242 e. The summed E-state index contributed by atoms with van der Waals surface area (Å²) in [6.07, 6.45) is 0. The molecule has 1 aromatic heterocycles. The Labute approximate surface area is 112 Å². The van der Waals surface area contributed by atoms with Gasteiger partial charge >= 0.3 is 0 Å². The molecule has 19 heavy (non-hydrogen) atoms. The Hall–Kier alpha value is -2.12. The predicted octanol–water partition coefficient (Wildman–Crippen LogP) is -0.154. The standard InChI is InChI=1S/C11H21N7O/c1-5-18(6-2)11-16-9(12)15-10(17-11)14-7(3)8(19)13-4/h7H,5-6H2,1-4H3,(H,13,19)(H3,12,14,15,16,17). The van der Waals surface area contributed by atoms with E-state index in [9.17, 15) is 4.79 Å². The minimum absolute atomic E-state index is 0.128. The number of likely N-dealkylation sites (N-methyl/N-ethyl adjacent to an activating group) is 1. The van der Waals surface area contributed by atoms with Crippen LogP contribution in [0.4, 0.5) is 17.8 Å². The molecule has 106 valence electrons. The fourth-order valence-corrected chi connectivity index (χ4v) is 1.57. The molecular weight excluding hydrogens is 246 g/mol. The number of nitrogens with zero attached hydrogens (tertiary/aromatic N) is 4. The number of nitrogen functional groups attached to an aromatic ring is 1. The summed E-state index contributed by atoms with van der Waals surface area (Å²) < 4.78 is 0. The Morgan fingerprint density at radius 3 is 2.47 bits per heavy atom. The van der Waals surface area contributed by atoms with E-state index in [2.05, 4.69) is 25.6 Å². The molecule has 0 aliphatic carbocycles. The topological polar surface area (TPSA) is 109 Å². The molecule has 8 heteroatoms. The second-order valence-corrected chi connectivity index (χ2v) is 3.97. The van der Waals surface area contributed by atoms with Crippen molar-refractivity contribution in [2.45, 2.75) is 26.8 Å². The smallest absolute Gasteiger partial charge is 0.242 e. The molecule has 0 radical (unpaired) electrons. The lowest BCUT2D eigenvalue weighted by molar-refractivity contribution is -0.121. The van der Waals surface area contributed by atoms with Crippen molar-refractivity contribution in [3.05, 3.63) is 0 Å². The zero-order valence-corrected chi connectivity index (χ0v) is 11.8. The molecule has 0 aromatic carbocycles. The molecule has 4 N–H and O–H groups in total. The number of aromatic nitrogens is 3. The summed E-state index contributed by atoms with van der Waals surface area (Å²) in [5.74, 6) is 0.779. The first-order valence-corrected chi connectivity index (χ1v) is 6.26. The maximum absolute atomic E-state index is 11.4. The minimum Gasteiger partial charge on any atom is -0.368 e. The highest BCUT2D eigenvalue weighted by molar-refractivity contribution is 5.83. The lowest BCUT2D eigenvalue weighted by Gasteiger charge is -2.19. The van der Waals surface area contributed by atoms with Crippen molar-refractivity contribution in [1.29, 1.82) is 0 Å². The van der Waals surface area contributed by atoms with Crippen molar-refractivity contribution in [2.24, 2.45) is 0 Å². The van der Waals surface area contributed by atoms with E-state index >= 15 is 0 Å². The van der Waals surface area contributed by atoms with Crippen LogP contribution < -0.4 is 21.3 Å². The van der Waals surface area contributed by atoms with Crippen LogP contribution in [0, 0.1) is 0 Å². The van der Waals surface area contributed by atoms with Gasteiger partial charge in [0.25, 0.3) is 0 Å². The molecule has 0 bridgehead atoms. The number of rotatable bonds is 6. The number of nitrogens with two attached hydrogens (primary N) is 1. The van der Waals surface area contributed by atoms with Gasteiger partial charge < -0.3 is 21.3 Å². The first-order valence-electron chi connectivity index (χ1n) is 6.26. The third-order valence-corrected chi connectivity index (χ3v) is 2.67. The van der Waals surface area contributed by atoms with Crippen LogP contribution in [0.3, 0.4) is 0 Å². The van der Waals surface area contributed by atoms with Crippen molar-refractivity contribution in [3.63, 3.8) is 0 Å². The van der Waals surface area contributed by atoms with E-state index in [0.29, 0.717) is 11.9 Å². The monoisotopic (exact) mass is 267 g/mol. The molecule has 1 unspecified atom stereocenters. The number of hydrogen-bond acceptors (Lipinski definition) is 7. The van der Waals surface area contributed by atoms with Crippen molar-refractivity contribution < 1.29 is 4.79 Å². The molecule has 1 aromatic rings. The number of nitrogens with one attached hydrogen (secondary N) is 2. The lowest BCUT2D eigenvalue weighted by atomic mass is 10.3. The molecule has 0 aliphatic rings. The summed E-state index contributed by atoms with van der Waals surface area (Å²) in [5, 5.41) is 5.44. The number of hydrogen-bond donors (Lipinski definition) is 3. The highest BCUT2D eigenvalue weighted by Gasteiger charge is 2.14. The normalized spacial score (nSPS) is 11.8. The van der Waals surface area contributed by atoms with Crippen LogP contribution in [0.1, 0.15) is 20.8 Å². The SMILES string of the molecule is CCN(CC)c1nc(N)nc(NC(C)C(=O)NC)n1. The van der Waals surface area contributed by atoms with E-state index in [1.807, 2.05) is 18.7 Å². The van der Waals surface area contributed by atoms with Gasteiger partial charge in [-0.05, 0) is 20.8 Å². The highest BCUT2D eigenvalue weighted by atomic mass is 16.2. The lowest BCUT2D eigenvalue weighted by Crippen LogP contribution is -2.36. The Kier molecular flexibility index (Phi) is 5.28. The third kappa shape index (κ3) is 3.94. The first-order chi connectivity index (χ1) is 9.01. The molecule has 8 nitrogen and oxygen atoms in total. The average molecular weight is 267 g/mol. The summed E-state index contributed by atoms with van der Waals surface area (Å²) >= 11 is 0. The number of carbonyl (C=O) groups excluding carboxylic acids is 1. The Morgan fingerprint density at radius 1 is 1.32 bits per heavy atom. The molecule has 0 saturated carbocycles. The van der Waals surface area contributed by atoms with E-state index in [-0.39, 0.29) is 11.9 Å². The maximum atomic E-state index is 11.4. The second-order valence-electron chi connectivity index (χ2n) is 3.97. The third-order valence-electron chi connectivity index (χ3n) is 2.67. The zero-order valence-electron chi connectivity index (χ0n) is 11.8. The molecule has 1 rings (SSSR count). The van der Waals surface area contributed by atoms with E-state index < -0.39 is 6.04 Å². The van der Waals surface area contributed by atoms with Crippen LogP contribution in [0.25, 0.3) is 0 Å². The average Bonchev–Trinajstić information content (AvgIpc) is 2.38. The van der Waals surface area contributed by atoms with E-state index in [4.69, 9.17) is 5.73 Å². The second kappa shape index (κ2) is 6.72. The van der Waals surface area contributed by atoms with E-state index in [1.165, 1.54) is 0 Å². The van der Waals surface area contributed by atoms with E-state index in [1.54, 1.807) is 14.0 Å². The molecular formula is C11H21N7O. The summed E-state index contributed by atoms with van der Waals surface area (Å²) in [6, 6.07) is -0.448. The van der Waals surface area contributed by atoms with Gasteiger partial charge in [-0.15, -0.1) is 0 Å². The summed E-state index contributed by atoms with van der Waals surface area (Å²) in [4.78, 5) is 25.7. The molecule has 0 fully saturated rings. The fourth-order valence-electron chi connectivity index (χ4n) is 1.57. The van der Waals surface area contributed by atoms with Gasteiger partial charge in [-0.1, -0.05) is 0 Å². The van der Waals surface area contributed by atoms with E-state index in [0.717, 1.165) is 13.1 Å². The van der Waals surface area contributed by atoms with Gasteiger partial charge in [0, 0.05) is 20.1 Å². The number of amides is 1. The number of carbonyl (C=O) groups is 1. The van der Waals surface area contributed by atoms with Gasteiger partial charge in [0.05, 0.1) is 0 Å². The van der Waals surface area contributed by atoms with Gasteiger partial charge in [0.15, 0.2) is 0 Å². The van der Waals surface area contributed by atoms with Crippen molar-refractivity contribution in [2.75, 3.05) is 36.1 Å². The first kappa shape index (κ1) is 14.9. The van der Waals surface area contributed by atoms with Gasteiger partial charge in [0.1, 0.15) is 6.04 Å². The van der Waals surface area contributed by atoms with Crippen LogP contribution >= 0.6 is 0 Å². The molecule has 1 heterocycles. The van der Waals surface area contributed by atoms with Gasteiger partial charge in [-0.25, -0.2) is 0 Å². The Balaban J connectivity index is 2.93. The highest BCUT2D eigenvalue weighted by Crippen LogP contribution is 2.12. The van der Waals surface area contributed by atoms with Crippen LogP contribution in [0.15, 0.2) is 0 Å². The molecule has 1 amide bonds. The van der Waals surface area contributed by atoms with Crippen molar-refractivity contribution >= 4 is 23.8 Å². The van der Waals surface area contributed by atoms with Gasteiger partial charge in [-0.2, -0.15) is 15.0 Å². The Bertz CT molecular complexity index is 433.